The summed E-state index contributed by atoms with van der Waals surface area (Å²) in [6.07, 6.45) is 3.92. The highest BCUT2D eigenvalue weighted by Gasteiger charge is 2.27. The Labute approximate surface area is 166 Å². The second kappa shape index (κ2) is 8.70. The van der Waals surface area contributed by atoms with Gasteiger partial charge in [0.05, 0.1) is 10.6 Å². The van der Waals surface area contributed by atoms with Crippen molar-refractivity contribution >= 4 is 9.84 Å². The predicted molar refractivity (Wildman–Crippen MR) is 108 cm³/mol. The molecule has 0 saturated heterocycles. The van der Waals surface area contributed by atoms with Gasteiger partial charge in [0.1, 0.15) is 11.6 Å². The first-order valence-electron chi connectivity index (χ1n) is 9.78. The van der Waals surface area contributed by atoms with Crippen LogP contribution in [0, 0.1) is 17.6 Å². The van der Waals surface area contributed by atoms with Crippen molar-refractivity contribution in [3.05, 3.63) is 54.1 Å². The largest absolute Gasteiger partial charge is 0.304 e. The van der Waals surface area contributed by atoms with E-state index in [9.17, 15) is 17.2 Å². The number of nitrogens with zero attached hydrogens (tertiary/aromatic N) is 1. The average Bonchev–Trinajstić information content (AvgIpc) is 2.68. The zero-order valence-corrected chi connectivity index (χ0v) is 17.2. The number of rotatable bonds is 6. The molecule has 0 atom stereocenters. The Morgan fingerprint density at radius 3 is 2.21 bits per heavy atom. The Bertz CT molecular complexity index is 905. The fourth-order valence-corrected chi connectivity index (χ4v) is 5.68. The normalized spacial score (nSPS) is 20.5. The zero-order valence-electron chi connectivity index (χ0n) is 16.4. The first kappa shape index (κ1) is 20.9. The fourth-order valence-electron chi connectivity index (χ4n) is 3.98. The van der Waals surface area contributed by atoms with Gasteiger partial charge in [0.25, 0.3) is 0 Å². The summed E-state index contributed by atoms with van der Waals surface area (Å²) in [6, 6.07) is 10.1. The molecule has 152 valence electrons. The first-order valence-corrected chi connectivity index (χ1v) is 11.4. The quantitative estimate of drug-likeness (QED) is 0.682. The van der Waals surface area contributed by atoms with Crippen molar-refractivity contribution in [1.82, 2.24) is 4.90 Å². The maximum atomic E-state index is 13.9. The summed E-state index contributed by atoms with van der Waals surface area (Å²) < 4.78 is 52.6. The van der Waals surface area contributed by atoms with Gasteiger partial charge in [-0.05, 0) is 75.0 Å². The molecule has 0 spiro atoms. The lowest BCUT2D eigenvalue weighted by Crippen LogP contribution is -2.36. The van der Waals surface area contributed by atoms with Crippen LogP contribution in [0.2, 0.25) is 0 Å². The van der Waals surface area contributed by atoms with Gasteiger partial charge >= 0.3 is 0 Å². The van der Waals surface area contributed by atoms with Crippen LogP contribution in [0.3, 0.4) is 0 Å². The molecule has 3 nitrogen and oxygen atoms in total. The molecule has 2 aromatic rings. The van der Waals surface area contributed by atoms with Crippen LogP contribution in [-0.4, -0.2) is 38.7 Å². The van der Waals surface area contributed by atoms with E-state index in [4.69, 9.17) is 0 Å². The van der Waals surface area contributed by atoms with Crippen LogP contribution < -0.4 is 0 Å². The van der Waals surface area contributed by atoms with E-state index >= 15 is 0 Å². The molecule has 0 aromatic heterocycles. The maximum absolute atomic E-state index is 13.9. The van der Waals surface area contributed by atoms with Crippen molar-refractivity contribution in [3.63, 3.8) is 0 Å². The van der Waals surface area contributed by atoms with E-state index < -0.39 is 21.5 Å². The van der Waals surface area contributed by atoms with E-state index in [1.165, 1.54) is 24.3 Å². The van der Waals surface area contributed by atoms with Crippen LogP contribution in [0.4, 0.5) is 8.78 Å². The van der Waals surface area contributed by atoms with E-state index in [0.29, 0.717) is 11.6 Å². The topological polar surface area (TPSA) is 37.4 Å². The Balaban J connectivity index is 1.67. The van der Waals surface area contributed by atoms with Gasteiger partial charge < -0.3 is 4.90 Å². The minimum atomic E-state index is -3.39. The van der Waals surface area contributed by atoms with E-state index in [2.05, 4.69) is 18.9 Å². The van der Waals surface area contributed by atoms with E-state index in [1.54, 1.807) is 12.1 Å². The van der Waals surface area contributed by atoms with Crippen LogP contribution >= 0.6 is 0 Å². The van der Waals surface area contributed by atoms with Crippen LogP contribution in [-0.2, 0) is 9.84 Å². The third-order valence-corrected chi connectivity index (χ3v) is 7.75. The van der Waals surface area contributed by atoms with Gasteiger partial charge in [0.15, 0.2) is 9.84 Å². The number of hydrogen-bond donors (Lipinski definition) is 0. The summed E-state index contributed by atoms with van der Waals surface area (Å²) in [7, 11) is -1.27. The molecule has 0 bridgehead atoms. The molecule has 3 rings (SSSR count). The molecule has 0 unspecified atom stereocenters. The molecule has 28 heavy (non-hydrogen) atoms. The standard InChI is InChI=1S/C22H27F2NO2S/c1-3-25(2)19-9-4-16(5-10-19)15-28(26,27)20-11-6-17(7-12-20)21-13-8-18(23)14-22(21)24/h6-8,11-14,16,19H,3-5,9-10,15H2,1-2H3. The van der Waals surface area contributed by atoms with E-state index in [-0.39, 0.29) is 22.1 Å². The molecule has 0 heterocycles. The number of halogens is 2. The Morgan fingerprint density at radius 2 is 1.64 bits per heavy atom. The van der Waals surface area contributed by atoms with Crippen LogP contribution in [0.25, 0.3) is 11.1 Å². The van der Waals surface area contributed by atoms with Gasteiger partial charge in [0, 0.05) is 17.7 Å². The van der Waals surface area contributed by atoms with Crippen LogP contribution in [0.1, 0.15) is 32.6 Å². The fraction of sp³-hybridized carbons (Fsp3) is 0.455. The highest BCUT2D eigenvalue weighted by atomic mass is 32.2. The molecule has 0 radical (unpaired) electrons. The van der Waals surface area contributed by atoms with Crippen molar-refractivity contribution < 1.29 is 17.2 Å². The summed E-state index contributed by atoms with van der Waals surface area (Å²) in [5.74, 6) is -0.967. The monoisotopic (exact) mass is 407 g/mol. The Morgan fingerprint density at radius 1 is 1.00 bits per heavy atom. The minimum Gasteiger partial charge on any atom is -0.304 e. The minimum absolute atomic E-state index is 0.153. The third-order valence-electron chi connectivity index (χ3n) is 5.85. The van der Waals surface area contributed by atoms with Gasteiger partial charge in [-0.25, -0.2) is 17.2 Å². The summed E-state index contributed by atoms with van der Waals surface area (Å²) >= 11 is 0. The average molecular weight is 408 g/mol. The second-order valence-electron chi connectivity index (χ2n) is 7.68. The molecular formula is C22H27F2NO2S. The van der Waals surface area contributed by atoms with Crippen molar-refractivity contribution in [2.24, 2.45) is 5.92 Å². The van der Waals surface area contributed by atoms with Gasteiger partial charge in [0.2, 0.25) is 0 Å². The number of hydrogen-bond acceptors (Lipinski definition) is 3. The van der Waals surface area contributed by atoms with Crippen molar-refractivity contribution in [2.75, 3.05) is 19.3 Å². The molecule has 1 aliphatic carbocycles. The summed E-state index contributed by atoms with van der Waals surface area (Å²) in [5.41, 5.74) is 0.781. The van der Waals surface area contributed by atoms with Crippen LogP contribution in [0.15, 0.2) is 47.4 Å². The number of sulfone groups is 1. The molecule has 1 fully saturated rings. The Kier molecular flexibility index (Phi) is 6.50. The highest BCUT2D eigenvalue weighted by Crippen LogP contribution is 2.30. The molecule has 0 N–H and O–H groups in total. The molecule has 6 heteroatoms. The zero-order chi connectivity index (χ0) is 20.3. The van der Waals surface area contributed by atoms with Gasteiger partial charge in [-0.2, -0.15) is 0 Å². The van der Waals surface area contributed by atoms with E-state index in [0.717, 1.165) is 38.3 Å². The van der Waals surface area contributed by atoms with Crippen molar-refractivity contribution in [3.8, 4) is 11.1 Å². The third kappa shape index (κ3) is 4.78. The van der Waals surface area contributed by atoms with Gasteiger partial charge in [-0.3, -0.25) is 0 Å². The molecule has 1 saturated carbocycles. The van der Waals surface area contributed by atoms with Crippen molar-refractivity contribution in [2.45, 2.75) is 43.5 Å². The first-order chi connectivity index (χ1) is 13.3. The van der Waals surface area contributed by atoms with Crippen LogP contribution in [0.5, 0.6) is 0 Å². The van der Waals surface area contributed by atoms with Gasteiger partial charge in [-0.1, -0.05) is 19.1 Å². The lowest BCUT2D eigenvalue weighted by molar-refractivity contribution is 0.178. The maximum Gasteiger partial charge on any atom is 0.178 e. The summed E-state index contributed by atoms with van der Waals surface area (Å²) in [5, 5.41) is 0. The van der Waals surface area contributed by atoms with E-state index in [1.807, 2.05) is 0 Å². The number of benzene rings is 2. The molecular weight excluding hydrogens is 380 g/mol. The molecule has 2 aromatic carbocycles. The predicted octanol–water partition coefficient (Wildman–Crippen LogP) is 4.92. The van der Waals surface area contributed by atoms with Gasteiger partial charge in [-0.15, -0.1) is 0 Å². The smallest absolute Gasteiger partial charge is 0.178 e. The van der Waals surface area contributed by atoms with Crippen molar-refractivity contribution in [1.29, 1.82) is 0 Å². The molecule has 1 aliphatic rings. The lowest BCUT2D eigenvalue weighted by atomic mass is 9.86. The second-order valence-corrected chi connectivity index (χ2v) is 9.71. The summed E-state index contributed by atoms with van der Waals surface area (Å²) in [6.45, 7) is 3.15. The lowest BCUT2D eigenvalue weighted by Gasteiger charge is -2.34. The molecule has 0 aliphatic heterocycles. The molecule has 0 amide bonds. The highest BCUT2D eigenvalue weighted by molar-refractivity contribution is 7.91. The summed E-state index contributed by atoms with van der Waals surface area (Å²) in [4.78, 5) is 2.59. The Hall–Kier alpha value is -1.79. The SMILES string of the molecule is CCN(C)C1CCC(CS(=O)(=O)c2ccc(-c3ccc(F)cc3F)cc2)CC1.